The predicted octanol–water partition coefficient (Wildman–Crippen LogP) is 2.36. The number of anilines is 1. The lowest BCUT2D eigenvalue weighted by atomic mass is 10.3. The summed E-state index contributed by atoms with van der Waals surface area (Å²) in [6.07, 6.45) is 3.98. The molecule has 3 heterocycles. The molecule has 0 aliphatic rings. The molecule has 28 heavy (non-hydrogen) atoms. The minimum absolute atomic E-state index is 0.0619. The van der Waals surface area contributed by atoms with E-state index in [1.54, 1.807) is 19.1 Å². The maximum Gasteiger partial charge on any atom is 0.374 e. The van der Waals surface area contributed by atoms with E-state index in [1.807, 2.05) is 0 Å². The van der Waals surface area contributed by atoms with Gasteiger partial charge in [0.05, 0.1) is 31.9 Å². The first kappa shape index (κ1) is 19.0. The smallest absolute Gasteiger partial charge is 0.374 e. The van der Waals surface area contributed by atoms with Crippen LogP contribution in [0, 0.1) is 0 Å². The molecule has 0 aliphatic heterocycles. The number of carbonyl (C=O) groups is 3. The Balaban J connectivity index is 1.73. The van der Waals surface area contributed by atoms with Gasteiger partial charge in [0.15, 0.2) is 5.76 Å². The molecule has 146 valence electrons. The van der Waals surface area contributed by atoms with Crippen molar-refractivity contribution in [3.8, 4) is 0 Å². The number of hydrogen-bond acceptors (Lipinski definition) is 8. The molecule has 0 unspecified atom stereocenters. The monoisotopic (exact) mass is 387 g/mol. The molecule has 1 amide bonds. The Kier molecular flexibility index (Phi) is 5.90. The van der Waals surface area contributed by atoms with Gasteiger partial charge in [-0.3, -0.25) is 4.79 Å². The third-order valence-corrected chi connectivity index (χ3v) is 3.57. The van der Waals surface area contributed by atoms with E-state index in [9.17, 15) is 14.4 Å². The summed E-state index contributed by atoms with van der Waals surface area (Å²) in [4.78, 5) is 36.2. The summed E-state index contributed by atoms with van der Waals surface area (Å²) in [7, 11) is 0. The molecular weight excluding hydrogens is 370 g/mol. The van der Waals surface area contributed by atoms with Crippen LogP contribution in [0.5, 0.6) is 0 Å². The topological polar surface area (TPSA) is 126 Å². The van der Waals surface area contributed by atoms with Crippen LogP contribution in [0.4, 0.5) is 5.82 Å². The number of ether oxygens (including phenoxy) is 2. The number of esters is 2. The molecule has 1 N–H and O–H groups in total. The van der Waals surface area contributed by atoms with Crippen LogP contribution in [0.25, 0.3) is 0 Å². The standard InChI is InChI=1S/C18H17N3O7/c1-2-25-17(23)12-11-19-21(7-10-28-18(24)14-6-4-9-27-14)15(12)20-16(22)13-5-3-8-26-13/h3-6,8-9,11H,2,7,10H2,1H3,(H,20,22). The normalized spacial score (nSPS) is 10.5. The van der Waals surface area contributed by atoms with Gasteiger partial charge in [-0.2, -0.15) is 5.10 Å². The van der Waals surface area contributed by atoms with E-state index in [4.69, 9.17) is 18.3 Å². The fourth-order valence-corrected chi connectivity index (χ4v) is 2.31. The van der Waals surface area contributed by atoms with Gasteiger partial charge in [0.25, 0.3) is 5.91 Å². The molecule has 10 nitrogen and oxygen atoms in total. The van der Waals surface area contributed by atoms with E-state index in [1.165, 1.54) is 35.5 Å². The summed E-state index contributed by atoms with van der Waals surface area (Å²) in [5.74, 6) is -1.61. The molecule has 0 bridgehead atoms. The molecule has 0 fully saturated rings. The Morgan fingerprint density at radius 1 is 1.07 bits per heavy atom. The fraction of sp³-hybridized carbons (Fsp3) is 0.222. The molecule has 3 aromatic heterocycles. The Morgan fingerprint density at radius 3 is 2.43 bits per heavy atom. The highest BCUT2D eigenvalue weighted by Crippen LogP contribution is 2.18. The third-order valence-electron chi connectivity index (χ3n) is 3.57. The van der Waals surface area contributed by atoms with Crippen LogP contribution in [0.2, 0.25) is 0 Å². The van der Waals surface area contributed by atoms with Gasteiger partial charge in [0.1, 0.15) is 18.0 Å². The summed E-state index contributed by atoms with van der Waals surface area (Å²) in [6.45, 7) is 1.85. The summed E-state index contributed by atoms with van der Waals surface area (Å²) in [6, 6.07) is 6.08. The van der Waals surface area contributed by atoms with Crippen LogP contribution >= 0.6 is 0 Å². The molecule has 0 spiro atoms. The highest BCUT2D eigenvalue weighted by atomic mass is 16.5. The fourth-order valence-electron chi connectivity index (χ4n) is 2.31. The first-order valence-corrected chi connectivity index (χ1v) is 8.38. The predicted molar refractivity (Wildman–Crippen MR) is 93.8 cm³/mol. The van der Waals surface area contributed by atoms with Crippen molar-refractivity contribution < 1.29 is 32.7 Å². The van der Waals surface area contributed by atoms with Gasteiger partial charge in [-0.1, -0.05) is 0 Å². The largest absolute Gasteiger partial charge is 0.462 e. The van der Waals surface area contributed by atoms with Gasteiger partial charge in [-0.25, -0.2) is 14.3 Å². The number of carbonyl (C=O) groups excluding carboxylic acids is 3. The van der Waals surface area contributed by atoms with Crippen molar-refractivity contribution in [1.82, 2.24) is 9.78 Å². The van der Waals surface area contributed by atoms with Gasteiger partial charge in [0, 0.05) is 0 Å². The zero-order chi connectivity index (χ0) is 19.9. The number of amides is 1. The van der Waals surface area contributed by atoms with Gasteiger partial charge < -0.3 is 23.6 Å². The van der Waals surface area contributed by atoms with Gasteiger partial charge in [-0.15, -0.1) is 0 Å². The second-order valence-corrected chi connectivity index (χ2v) is 5.40. The van der Waals surface area contributed by atoms with E-state index in [2.05, 4.69) is 10.4 Å². The second kappa shape index (κ2) is 8.71. The minimum atomic E-state index is -0.643. The number of rotatable bonds is 8. The Morgan fingerprint density at radius 2 is 1.79 bits per heavy atom. The van der Waals surface area contributed by atoms with Gasteiger partial charge in [-0.05, 0) is 31.2 Å². The first-order chi connectivity index (χ1) is 13.6. The Labute approximate surface area is 159 Å². The highest BCUT2D eigenvalue weighted by Gasteiger charge is 2.22. The van der Waals surface area contributed by atoms with E-state index in [-0.39, 0.29) is 42.7 Å². The lowest BCUT2D eigenvalue weighted by molar-refractivity contribution is 0.0449. The van der Waals surface area contributed by atoms with Gasteiger partial charge in [0.2, 0.25) is 5.76 Å². The number of aromatic nitrogens is 2. The molecular formula is C18H17N3O7. The molecule has 10 heteroatoms. The van der Waals surface area contributed by atoms with Crippen LogP contribution in [-0.4, -0.2) is 40.8 Å². The summed E-state index contributed by atoms with van der Waals surface area (Å²) in [5, 5.41) is 6.64. The van der Waals surface area contributed by atoms with Crippen LogP contribution in [0.1, 0.15) is 38.4 Å². The minimum Gasteiger partial charge on any atom is -0.462 e. The average Bonchev–Trinajstić information content (AvgIpc) is 3.44. The van der Waals surface area contributed by atoms with Crippen molar-refractivity contribution in [3.63, 3.8) is 0 Å². The van der Waals surface area contributed by atoms with E-state index in [0.717, 1.165) is 0 Å². The molecule has 0 aliphatic carbocycles. The molecule has 0 radical (unpaired) electrons. The van der Waals surface area contributed by atoms with Crippen molar-refractivity contribution >= 4 is 23.7 Å². The van der Waals surface area contributed by atoms with Crippen molar-refractivity contribution in [3.05, 3.63) is 60.1 Å². The van der Waals surface area contributed by atoms with Crippen LogP contribution in [-0.2, 0) is 16.0 Å². The Bertz CT molecular complexity index is 942. The molecule has 0 saturated heterocycles. The Hall–Kier alpha value is -3.82. The zero-order valence-electron chi connectivity index (χ0n) is 14.9. The number of nitrogens with zero attached hydrogens (tertiary/aromatic N) is 2. The number of nitrogens with one attached hydrogen (secondary N) is 1. The van der Waals surface area contributed by atoms with Crippen LogP contribution in [0.15, 0.2) is 51.8 Å². The maximum atomic E-state index is 12.3. The summed E-state index contributed by atoms with van der Waals surface area (Å²) in [5.41, 5.74) is 0.0686. The van der Waals surface area contributed by atoms with Crippen LogP contribution in [0.3, 0.4) is 0 Å². The van der Waals surface area contributed by atoms with E-state index in [0.29, 0.717) is 0 Å². The van der Waals surface area contributed by atoms with Crippen molar-refractivity contribution in [2.45, 2.75) is 13.5 Å². The lowest BCUT2D eigenvalue weighted by Gasteiger charge is -2.10. The maximum absolute atomic E-state index is 12.3. The average molecular weight is 387 g/mol. The van der Waals surface area contributed by atoms with E-state index >= 15 is 0 Å². The molecule has 3 aromatic rings. The number of furan rings is 2. The summed E-state index contributed by atoms with van der Waals surface area (Å²) >= 11 is 0. The second-order valence-electron chi connectivity index (χ2n) is 5.40. The van der Waals surface area contributed by atoms with Gasteiger partial charge >= 0.3 is 11.9 Å². The van der Waals surface area contributed by atoms with E-state index < -0.39 is 17.8 Å². The summed E-state index contributed by atoms with van der Waals surface area (Å²) < 4.78 is 21.4. The molecule has 0 saturated carbocycles. The lowest BCUT2D eigenvalue weighted by Crippen LogP contribution is -2.20. The zero-order valence-corrected chi connectivity index (χ0v) is 14.9. The number of hydrogen-bond donors (Lipinski definition) is 1. The molecule has 3 rings (SSSR count). The SMILES string of the molecule is CCOC(=O)c1cnn(CCOC(=O)c2ccco2)c1NC(=O)c1ccco1. The quantitative estimate of drug-likeness (QED) is 0.584. The molecule has 0 aromatic carbocycles. The van der Waals surface area contributed by atoms with Crippen molar-refractivity contribution in [2.24, 2.45) is 0 Å². The third kappa shape index (κ3) is 4.29. The van der Waals surface area contributed by atoms with Crippen molar-refractivity contribution in [2.75, 3.05) is 18.5 Å². The van der Waals surface area contributed by atoms with Crippen LogP contribution < -0.4 is 5.32 Å². The highest BCUT2D eigenvalue weighted by molar-refractivity contribution is 6.05. The van der Waals surface area contributed by atoms with Crippen molar-refractivity contribution in [1.29, 1.82) is 0 Å². The first-order valence-electron chi connectivity index (χ1n) is 8.38. The molecule has 0 atom stereocenters.